The van der Waals surface area contributed by atoms with Crippen LogP contribution in [0.5, 0.6) is 0 Å². The molecule has 102 valence electrons. The first-order valence-corrected chi connectivity index (χ1v) is 8.27. The van der Waals surface area contributed by atoms with Gasteiger partial charge in [-0.15, -0.1) is 0 Å². The first-order chi connectivity index (χ1) is 8.04. The molecule has 1 aromatic heterocycles. The Balaban J connectivity index is 3.17. The number of sulfone groups is 1. The van der Waals surface area contributed by atoms with Gasteiger partial charge in [0.05, 0.1) is 5.69 Å². The Morgan fingerprint density at radius 2 is 1.94 bits per heavy atom. The largest absolute Gasteiger partial charge is 0.347 e. The van der Waals surface area contributed by atoms with Gasteiger partial charge in [-0.05, 0) is 27.2 Å². The molecule has 0 saturated carbocycles. The minimum Gasteiger partial charge on any atom is -0.347 e. The standard InChI is InChI=1S/C11H18N2O3S2/c1-6-7-8(9(14)13-11(2,3)4)17-10(12-7)18(5,15)16/h6H2,1-5H3,(H,13,14). The first-order valence-electron chi connectivity index (χ1n) is 5.57. The average Bonchev–Trinajstić information content (AvgIpc) is 2.57. The summed E-state index contributed by atoms with van der Waals surface area (Å²) in [6.45, 7) is 7.45. The van der Waals surface area contributed by atoms with E-state index in [1.54, 1.807) is 0 Å². The van der Waals surface area contributed by atoms with Gasteiger partial charge in [0, 0.05) is 11.8 Å². The maximum absolute atomic E-state index is 12.0. The van der Waals surface area contributed by atoms with Crippen LogP contribution in [0.3, 0.4) is 0 Å². The number of thiazole rings is 1. The van der Waals surface area contributed by atoms with Gasteiger partial charge in [0.25, 0.3) is 5.91 Å². The second-order valence-corrected chi connectivity index (χ2v) is 8.27. The van der Waals surface area contributed by atoms with Crippen molar-refractivity contribution < 1.29 is 13.2 Å². The molecule has 18 heavy (non-hydrogen) atoms. The Hall–Kier alpha value is -0.950. The quantitative estimate of drug-likeness (QED) is 0.918. The van der Waals surface area contributed by atoms with Crippen LogP contribution in [0.1, 0.15) is 43.1 Å². The van der Waals surface area contributed by atoms with Crippen LogP contribution in [0.4, 0.5) is 0 Å². The molecule has 0 radical (unpaired) electrons. The zero-order chi connectivity index (χ0) is 14.1. The molecule has 0 atom stereocenters. The molecule has 1 rings (SSSR count). The third-order valence-electron chi connectivity index (χ3n) is 2.02. The molecular weight excluding hydrogens is 272 g/mol. The van der Waals surface area contributed by atoms with Gasteiger partial charge in [0.2, 0.25) is 14.2 Å². The lowest BCUT2D eigenvalue weighted by molar-refractivity contribution is 0.0922. The summed E-state index contributed by atoms with van der Waals surface area (Å²) in [5.74, 6) is -0.272. The lowest BCUT2D eigenvalue weighted by Gasteiger charge is -2.20. The summed E-state index contributed by atoms with van der Waals surface area (Å²) in [7, 11) is -3.36. The number of nitrogens with zero attached hydrogens (tertiary/aromatic N) is 1. The van der Waals surface area contributed by atoms with Crippen LogP contribution in [0, 0.1) is 0 Å². The molecule has 0 aliphatic carbocycles. The van der Waals surface area contributed by atoms with Crippen molar-refractivity contribution in [2.45, 2.75) is 44.0 Å². The van der Waals surface area contributed by atoms with E-state index in [1.165, 1.54) is 0 Å². The van der Waals surface area contributed by atoms with Crippen molar-refractivity contribution in [2.75, 3.05) is 6.26 Å². The van der Waals surface area contributed by atoms with E-state index >= 15 is 0 Å². The van der Waals surface area contributed by atoms with Crippen LogP contribution >= 0.6 is 11.3 Å². The number of rotatable bonds is 3. The van der Waals surface area contributed by atoms with E-state index in [2.05, 4.69) is 10.3 Å². The van der Waals surface area contributed by atoms with Gasteiger partial charge in [-0.25, -0.2) is 13.4 Å². The summed E-state index contributed by atoms with van der Waals surface area (Å²) in [5.41, 5.74) is 0.166. The number of amides is 1. The molecule has 0 spiro atoms. The lowest BCUT2D eigenvalue weighted by Crippen LogP contribution is -2.40. The van der Waals surface area contributed by atoms with Crippen LogP contribution in [-0.4, -0.2) is 31.1 Å². The molecule has 0 aliphatic heterocycles. The van der Waals surface area contributed by atoms with Crippen LogP contribution in [0.25, 0.3) is 0 Å². The van der Waals surface area contributed by atoms with Crippen molar-refractivity contribution in [3.63, 3.8) is 0 Å². The van der Waals surface area contributed by atoms with Gasteiger partial charge in [0.15, 0.2) is 0 Å². The topological polar surface area (TPSA) is 76.1 Å². The zero-order valence-corrected chi connectivity index (χ0v) is 12.8. The van der Waals surface area contributed by atoms with Gasteiger partial charge < -0.3 is 5.32 Å². The summed E-state index contributed by atoms with van der Waals surface area (Å²) in [6.07, 6.45) is 1.62. The maximum Gasteiger partial charge on any atom is 0.263 e. The third-order valence-corrected chi connectivity index (χ3v) is 4.80. The monoisotopic (exact) mass is 290 g/mol. The van der Waals surface area contributed by atoms with E-state index in [-0.39, 0.29) is 15.8 Å². The second kappa shape index (κ2) is 4.97. The van der Waals surface area contributed by atoms with Crippen LogP contribution in [0.15, 0.2) is 4.34 Å². The number of aromatic nitrogens is 1. The summed E-state index contributed by atoms with van der Waals surface area (Å²) >= 11 is 0.929. The Bertz CT molecular complexity index is 553. The molecule has 0 bridgehead atoms. The molecule has 5 nitrogen and oxygen atoms in total. The van der Waals surface area contributed by atoms with Gasteiger partial charge in [-0.3, -0.25) is 4.79 Å². The molecule has 1 amide bonds. The molecule has 0 aliphatic rings. The Morgan fingerprint density at radius 1 is 1.39 bits per heavy atom. The fourth-order valence-corrected chi connectivity index (χ4v) is 3.22. The fraction of sp³-hybridized carbons (Fsp3) is 0.636. The highest BCUT2D eigenvalue weighted by molar-refractivity contribution is 7.92. The number of nitrogens with one attached hydrogen (secondary N) is 1. The molecule has 0 fully saturated rings. The van der Waals surface area contributed by atoms with E-state index in [0.29, 0.717) is 17.0 Å². The molecule has 1 heterocycles. The summed E-state index contributed by atoms with van der Waals surface area (Å²) in [5, 5.41) is 2.81. The third kappa shape index (κ3) is 3.78. The number of carbonyl (C=O) groups is 1. The predicted octanol–water partition coefficient (Wildman–Crippen LogP) is 1.64. The second-order valence-electron chi connectivity index (χ2n) is 5.09. The minimum atomic E-state index is -3.36. The van der Waals surface area contributed by atoms with E-state index in [9.17, 15) is 13.2 Å². The molecule has 0 unspecified atom stereocenters. The van der Waals surface area contributed by atoms with Crippen LogP contribution in [-0.2, 0) is 16.3 Å². The van der Waals surface area contributed by atoms with Crippen molar-refractivity contribution in [1.29, 1.82) is 0 Å². The molecule has 0 aromatic carbocycles. The number of carbonyl (C=O) groups excluding carboxylic acids is 1. The first kappa shape index (κ1) is 15.1. The number of hydrogen-bond acceptors (Lipinski definition) is 5. The zero-order valence-electron chi connectivity index (χ0n) is 11.2. The minimum absolute atomic E-state index is 0.00147. The normalized spacial score (nSPS) is 12.5. The van der Waals surface area contributed by atoms with Crippen molar-refractivity contribution in [3.8, 4) is 0 Å². The van der Waals surface area contributed by atoms with Crippen molar-refractivity contribution >= 4 is 27.1 Å². The maximum atomic E-state index is 12.0. The highest BCUT2D eigenvalue weighted by atomic mass is 32.2. The molecule has 7 heteroatoms. The van der Waals surface area contributed by atoms with Gasteiger partial charge in [-0.2, -0.15) is 0 Å². The van der Waals surface area contributed by atoms with Crippen molar-refractivity contribution in [2.24, 2.45) is 0 Å². The molecule has 1 aromatic rings. The fourth-order valence-electron chi connectivity index (χ4n) is 1.30. The van der Waals surface area contributed by atoms with E-state index in [0.717, 1.165) is 17.6 Å². The Morgan fingerprint density at radius 3 is 2.33 bits per heavy atom. The molecule has 0 saturated heterocycles. The molecular formula is C11H18N2O3S2. The van der Waals surface area contributed by atoms with Gasteiger partial charge in [-0.1, -0.05) is 18.3 Å². The highest BCUT2D eigenvalue weighted by Gasteiger charge is 2.24. The average molecular weight is 290 g/mol. The Labute approximate surface area is 112 Å². The smallest absolute Gasteiger partial charge is 0.263 e. The van der Waals surface area contributed by atoms with Gasteiger partial charge >= 0.3 is 0 Å². The summed E-state index contributed by atoms with van der Waals surface area (Å²) in [6, 6.07) is 0. The predicted molar refractivity (Wildman–Crippen MR) is 71.8 cm³/mol. The van der Waals surface area contributed by atoms with Crippen LogP contribution < -0.4 is 5.32 Å². The SMILES string of the molecule is CCc1nc(S(C)(=O)=O)sc1C(=O)NC(C)(C)C. The lowest BCUT2D eigenvalue weighted by atomic mass is 10.1. The number of aryl methyl sites for hydroxylation is 1. The molecule has 1 N–H and O–H groups in total. The van der Waals surface area contributed by atoms with Gasteiger partial charge in [0.1, 0.15) is 4.88 Å². The van der Waals surface area contributed by atoms with E-state index in [4.69, 9.17) is 0 Å². The van der Waals surface area contributed by atoms with Crippen molar-refractivity contribution in [1.82, 2.24) is 10.3 Å². The summed E-state index contributed by atoms with van der Waals surface area (Å²) in [4.78, 5) is 16.4. The summed E-state index contributed by atoms with van der Waals surface area (Å²) < 4.78 is 22.9. The highest BCUT2D eigenvalue weighted by Crippen LogP contribution is 2.23. The van der Waals surface area contributed by atoms with Crippen LogP contribution in [0.2, 0.25) is 0 Å². The van der Waals surface area contributed by atoms with Crippen molar-refractivity contribution in [3.05, 3.63) is 10.6 Å². The van der Waals surface area contributed by atoms with E-state index < -0.39 is 9.84 Å². The van der Waals surface area contributed by atoms with E-state index in [1.807, 2.05) is 27.7 Å². The Kier molecular flexibility index (Phi) is 4.17. The number of hydrogen-bond donors (Lipinski definition) is 1.